The van der Waals surface area contributed by atoms with Crippen molar-refractivity contribution in [3.8, 4) is 0 Å². The molecule has 3 aromatic rings. The lowest BCUT2D eigenvalue weighted by Gasteiger charge is -2.38. The molecule has 5 rings (SSSR count). The first-order valence-electron chi connectivity index (χ1n) is 10.2. The van der Waals surface area contributed by atoms with E-state index >= 15 is 0 Å². The molecule has 0 radical (unpaired) electrons. The van der Waals surface area contributed by atoms with Crippen molar-refractivity contribution in [2.24, 2.45) is 7.05 Å². The van der Waals surface area contributed by atoms with E-state index in [-0.39, 0.29) is 17.3 Å². The maximum Gasteiger partial charge on any atom is 0.260 e. The highest BCUT2D eigenvalue weighted by Gasteiger charge is 2.53. The van der Waals surface area contributed by atoms with Gasteiger partial charge in [0.2, 0.25) is 5.91 Å². The Balaban J connectivity index is 1.30. The van der Waals surface area contributed by atoms with Crippen molar-refractivity contribution >= 4 is 22.5 Å². The van der Waals surface area contributed by atoms with Gasteiger partial charge in [-0.25, -0.2) is 9.37 Å². The number of benzene rings is 2. The number of nitrogens with zero attached hydrogens (tertiary/aromatic N) is 4. The average Bonchev–Trinajstić information content (AvgIpc) is 3.58. The summed E-state index contributed by atoms with van der Waals surface area (Å²) in [7, 11) is 1.69. The number of fused-ring (bicyclic) bond motifs is 1. The molecule has 1 aromatic heterocycles. The minimum atomic E-state index is -0.469. The minimum Gasteiger partial charge on any atom is -0.368 e. The first-order chi connectivity index (χ1) is 14.5. The molecule has 1 aliphatic heterocycles. The van der Waals surface area contributed by atoms with Crippen LogP contribution in [0, 0.1) is 5.82 Å². The van der Waals surface area contributed by atoms with Crippen LogP contribution in [0.1, 0.15) is 18.4 Å². The van der Waals surface area contributed by atoms with E-state index < -0.39 is 5.41 Å². The lowest BCUT2D eigenvalue weighted by molar-refractivity contribution is -0.134. The Hall–Kier alpha value is -3.22. The summed E-state index contributed by atoms with van der Waals surface area (Å²) in [5.74, 6) is -0.129. The fourth-order valence-corrected chi connectivity index (χ4v) is 4.39. The molecule has 6 nitrogen and oxygen atoms in total. The van der Waals surface area contributed by atoms with Gasteiger partial charge in [0.1, 0.15) is 5.82 Å². The van der Waals surface area contributed by atoms with Gasteiger partial charge < -0.3 is 14.4 Å². The Morgan fingerprint density at radius 2 is 1.73 bits per heavy atom. The van der Waals surface area contributed by atoms with Crippen molar-refractivity contribution in [1.82, 2.24) is 14.5 Å². The maximum atomic E-state index is 13.3. The first kappa shape index (κ1) is 18.8. The number of aromatic nitrogens is 2. The number of carbonyl (C=O) groups excluding carboxylic acids is 1. The van der Waals surface area contributed by atoms with Gasteiger partial charge in [0.15, 0.2) is 0 Å². The van der Waals surface area contributed by atoms with Crippen molar-refractivity contribution in [2.75, 3.05) is 31.1 Å². The summed E-state index contributed by atoms with van der Waals surface area (Å²) in [6.07, 6.45) is 3.18. The molecule has 0 spiro atoms. The first-order valence-corrected chi connectivity index (χ1v) is 10.2. The molecule has 0 bridgehead atoms. The van der Waals surface area contributed by atoms with Crippen LogP contribution >= 0.6 is 0 Å². The number of aryl methyl sites for hydroxylation is 1. The van der Waals surface area contributed by atoms with E-state index in [2.05, 4.69) is 9.88 Å². The zero-order valence-corrected chi connectivity index (χ0v) is 16.8. The SMILES string of the molecule is Cn1cnc2cc(N3CCN(C(=O)C4(c5ccc(F)cc5)CC4)CC3)ccc2c1=O. The maximum absolute atomic E-state index is 13.3. The van der Waals surface area contributed by atoms with Crippen LogP contribution in [-0.2, 0) is 17.3 Å². The largest absolute Gasteiger partial charge is 0.368 e. The van der Waals surface area contributed by atoms with Crippen molar-refractivity contribution in [1.29, 1.82) is 0 Å². The third-order valence-electron chi connectivity index (χ3n) is 6.39. The normalized spacial score (nSPS) is 17.9. The molecule has 30 heavy (non-hydrogen) atoms. The lowest BCUT2D eigenvalue weighted by Crippen LogP contribution is -2.51. The smallest absolute Gasteiger partial charge is 0.260 e. The van der Waals surface area contributed by atoms with Gasteiger partial charge in [-0.15, -0.1) is 0 Å². The third kappa shape index (κ3) is 3.05. The molecule has 2 aliphatic rings. The Morgan fingerprint density at radius 3 is 2.40 bits per heavy atom. The number of piperazine rings is 1. The molecule has 1 amide bonds. The van der Waals surface area contributed by atoms with Crippen molar-refractivity contribution in [2.45, 2.75) is 18.3 Å². The molecule has 2 heterocycles. The monoisotopic (exact) mass is 406 g/mol. The van der Waals surface area contributed by atoms with Gasteiger partial charge in [-0.2, -0.15) is 0 Å². The summed E-state index contributed by atoms with van der Waals surface area (Å²) in [6.45, 7) is 2.73. The minimum absolute atomic E-state index is 0.0579. The van der Waals surface area contributed by atoms with E-state index in [4.69, 9.17) is 0 Å². The molecule has 1 aliphatic carbocycles. The molecule has 0 atom stereocenters. The number of amides is 1. The second-order valence-electron chi connectivity index (χ2n) is 8.23. The fraction of sp³-hybridized carbons (Fsp3) is 0.348. The summed E-state index contributed by atoms with van der Waals surface area (Å²) >= 11 is 0. The molecule has 0 unspecified atom stereocenters. The highest BCUT2D eigenvalue weighted by atomic mass is 19.1. The quantitative estimate of drug-likeness (QED) is 0.671. The molecular formula is C23H23FN4O2. The molecular weight excluding hydrogens is 383 g/mol. The van der Waals surface area contributed by atoms with Gasteiger partial charge >= 0.3 is 0 Å². The van der Waals surface area contributed by atoms with Gasteiger partial charge in [0, 0.05) is 38.9 Å². The Morgan fingerprint density at radius 1 is 1.03 bits per heavy atom. The van der Waals surface area contributed by atoms with Gasteiger partial charge in [-0.3, -0.25) is 9.59 Å². The summed E-state index contributed by atoms with van der Waals surface area (Å²) in [6, 6.07) is 12.1. The van der Waals surface area contributed by atoms with Gasteiger partial charge in [-0.05, 0) is 48.7 Å². The van der Waals surface area contributed by atoms with Gasteiger partial charge in [0.25, 0.3) is 5.56 Å². The predicted octanol–water partition coefficient (Wildman–Crippen LogP) is 2.45. The van der Waals surface area contributed by atoms with Crippen molar-refractivity contribution in [3.63, 3.8) is 0 Å². The molecule has 2 fully saturated rings. The number of carbonyl (C=O) groups is 1. The topological polar surface area (TPSA) is 58.4 Å². The Kier molecular flexibility index (Phi) is 4.34. The lowest BCUT2D eigenvalue weighted by atomic mass is 9.94. The van der Waals surface area contributed by atoms with E-state index in [9.17, 15) is 14.0 Å². The average molecular weight is 406 g/mol. The summed E-state index contributed by atoms with van der Waals surface area (Å²) in [4.78, 5) is 34.0. The van der Waals surface area contributed by atoms with E-state index in [0.29, 0.717) is 24.0 Å². The molecule has 1 saturated carbocycles. The molecule has 1 saturated heterocycles. The second-order valence-corrected chi connectivity index (χ2v) is 8.23. The second kappa shape index (κ2) is 6.93. The van der Waals surface area contributed by atoms with Crippen LogP contribution in [-0.4, -0.2) is 46.5 Å². The van der Waals surface area contributed by atoms with E-state index in [0.717, 1.165) is 37.2 Å². The van der Waals surface area contributed by atoms with E-state index in [1.165, 1.54) is 23.0 Å². The van der Waals surface area contributed by atoms with E-state index in [1.807, 2.05) is 23.1 Å². The molecule has 2 aromatic carbocycles. The van der Waals surface area contributed by atoms with Gasteiger partial charge in [-0.1, -0.05) is 12.1 Å². The molecule has 7 heteroatoms. The van der Waals surface area contributed by atoms with Crippen LogP contribution in [0.3, 0.4) is 0 Å². The van der Waals surface area contributed by atoms with E-state index in [1.54, 1.807) is 19.2 Å². The summed E-state index contributed by atoms with van der Waals surface area (Å²) < 4.78 is 14.7. The van der Waals surface area contributed by atoms with Crippen LogP contribution < -0.4 is 10.5 Å². The zero-order chi connectivity index (χ0) is 20.9. The van der Waals surface area contributed by atoms with Crippen LogP contribution in [0.25, 0.3) is 10.9 Å². The summed E-state index contributed by atoms with van der Waals surface area (Å²) in [5.41, 5.74) is 2.08. The van der Waals surface area contributed by atoms with Crippen molar-refractivity contribution in [3.05, 3.63) is 70.5 Å². The van der Waals surface area contributed by atoms with Gasteiger partial charge in [0.05, 0.1) is 22.6 Å². The highest BCUT2D eigenvalue weighted by molar-refractivity contribution is 5.91. The third-order valence-corrected chi connectivity index (χ3v) is 6.39. The van der Waals surface area contributed by atoms with Crippen LogP contribution in [0.15, 0.2) is 53.6 Å². The standard InChI is InChI=1S/C23H23FN4O2/c1-26-15-25-20-14-18(6-7-19(20)21(26)29)27-10-12-28(13-11-27)22(30)23(8-9-23)16-2-4-17(24)5-3-16/h2-7,14-15H,8-13H2,1H3. The zero-order valence-electron chi connectivity index (χ0n) is 16.8. The van der Waals surface area contributed by atoms with Crippen LogP contribution in [0.5, 0.6) is 0 Å². The fourth-order valence-electron chi connectivity index (χ4n) is 4.39. The number of rotatable bonds is 3. The predicted molar refractivity (Wildman–Crippen MR) is 113 cm³/mol. The Labute approximate surface area is 173 Å². The Bertz CT molecular complexity index is 1180. The number of anilines is 1. The van der Waals surface area contributed by atoms with Crippen molar-refractivity contribution < 1.29 is 9.18 Å². The summed E-state index contributed by atoms with van der Waals surface area (Å²) in [5, 5.41) is 0.604. The number of hydrogen-bond donors (Lipinski definition) is 0. The molecule has 0 N–H and O–H groups in total. The number of halogens is 1. The molecule has 154 valence electrons. The highest BCUT2D eigenvalue weighted by Crippen LogP contribution is 2.49. The number of hydrogen-bond acceptors (Lipinski definition) is 4. The van der Waals surface area contributed by atoms with Crippen LogP contribution in [0.4, 0.5) is 10.1 Å². The van der Waals surface area contributed by atoms with Crippen LogP contribution in [0.2, 0.25) is 0 Å².